The maximum atomic E-state index is 5.69. The Kier molecular flexibility index (Phi) is 4.85. The molecule has 142 valence electrons. The third kappa shape index (κ3) is 3.97. The lowest BCUT2D eigenvalue weighted by Gasteiger charge is -2.14. The molecule has 3 aromatic rings. The topological polar surface area (TPSA) is 63.8 Å². The first-order chi connectivity index (χ1) is 13.0. The van der Waals surface area contributed by atoms with Crippen LogP contribution in [-0.4, -0.2) is 21.2 Å². The minimum absolute atomic E-state index is 0.343. The van der Waals surface area contributed by atoms with Crippen LogP contribution in [0.3, 0.4) is 0 Å². The van der Waals surface area contributed by atoms with Crippen molar-refractivity contribution in [2.24, 2.45) is 5.92 Å². The number of fused-ring (bicyclic) bond motifs is 1. The molecular weight excluding hydrogens is 336 g/mol. The minimum Gasteiger partial charge on any atom is -0.364 e. The van der Waals surface area contributed by atoms with Gasteiger partial charge in [0, 0.05) is 11.6 Å². The van der Waals surface area contributed by atoms with Gasteiger partial charge in [0.05, 0.1) is 0 Å². The fourth-order valence-corrected chi connectivity index (χ4v) is 3.72. The van der Waals surface area contributed by atoms with Crippen LogP contribution in [-0.2, 0) is 0 Å². The lowest BCUT2D eigenvalue weighted by molar-refractivity contribution is 0.458. The predicted octanol–water partition coefficient (Wildman–Crippen LogP) is 5.59. The Labute approximate surface area is 160 Å². The zero-order valence-electron chi connectivity index (χ0n) is 16.7. The molecule has 0 aliphatic heterocycles. The minimum atomic E-state index is 0.343. The van der Waals surface area contributed by atoms with Gasteiger partial charge in [0.15, 0.2) is 5.82 Å². The van der Waals surface area contributed by atoms with Crippen molar-refractivity contribution in [3.63, 3.8) is 0 Å². The van der Waals surface area contributed by atoms with Crippen LogP contribution >= 0.6 is 0 Å². The van der Waals surface area contributed by atoms with Crippen LogP contribution in [0, 0.1) is 26.7 Å². The van der Waals surface area contributed by atoms with E-state index in [2.05, 4.69) is 59.4 Å². The van der Waals surface area contributed by atoms with Crippen molar-refractivity contribution in [3.8, 4) is 11.3 Å². The molecule has 1 saturated carbocycles. The highest BCUT2D eigenvalue weighted by atomic mass is 16.5. The summed E-state index contributed by atoms with van der Waals surface area (Å²) in [6, 6.07) is 6.69. The molecule has 0 bridgehead atoms. The Morgan fingerprint density at radius 2 is 2.00 bits per heavy atom. The largest absolute Gasteiger partial charge is 0.364 e. The molecule has 2 aromatic heterocycles. The van der Waals surface area contributed by atoms with Gasteiger partial charge in [0.1, 0.15) is 17.0 Å². The third-order valence-electron chi connectivity index (χ3n) is 5.40. The summed E-state index contributed by atoms with van der Waals surface area (Å²) in [4.78, 5) is 9.21. The number of anilines is 1. The molecule has 2 heterocycles. The number of nitrogens with zero attached hydrogens (tertiary/aromatic N) is 3. The second-order valence-electron chi connectivity index (χ2n) is 8.07. The second-order valence-corrected chi connectivity index (χ2v) is 8.07. The number of hydrogen-bond donors (Lipinski definition) is 1. The van der Waals surface area contributed by atoms with Gasteiger partial charge in [0.2, 0.25) is 5.58 Å². The molecule has 1 aliphatic rings. The Hall–Kier alpha value is -2.43. The summed E-state index contributed by atoms with van der Waals surface area (Å²) >= 11 is 0. The van der Waals surface area contributed by atoms with Gasteiger partial charge in [-0.2, -0.15) is 0 Å². The fraction of sp³-hybridized carbons (Fsp3) is 0.500. The fourth-order valence-electron chi connectivity index (χ4n) is 3.72. The van der Waals surface area contributed by atoms with Crippen molar-refractivity contribution < 1.29 is 4.52 Å². The molecule has 1 aliphatic carbocycles. The molecule has 0 radical (unpaired) electrons. The van der Waals surface area contributed by atoms with Gasteiger partial charge in [0.25, 0.3) is 0 Å². The first kappa shape index (κ1) is 18.0. The number of aryl methyl sites for hydroxylation is 3. The van der Waals surface area contributed by atoms with E-state index in [1.165, 1.54) is 36.8 Å². The molecule has 1 unspecified atom stereocenters. The molecule has 0 amide bonds. The standard InChI is InChI=1S/C22H28N4O/c1-13-8-11-18(14(2)12-13)19-20-21(27-26-19)22(25-16(4)24-20)23-15(3)6-5-7-17-9-10-17/h8,11-12,15,17H,5-7,9-10H2,1-4H3,(H,23,24,25). The second kappa shape index (κ2) is 7.29. The van der Waals surface area contributed by atoms with Crippen LogP contribution < -0.4 is 5.32 Å². The van der Waals surface area contributed by atoms with Crippen molar-refractivity contribution in [1.82, 2.24) is 15.1 Å². The Morgan fingerprint density at radius 1 is 1.19 bits per heavy atom. The van der Waals surface area contributed by atoms with Crippen molar-refractivity contribution in [2.75, 3.05) is 5.32 Å². The highest BCUT2D eigenvalue weighted by Gasteiger charge is 2.22. The van der Waals surface area contributed by atoms with Crippen LogP contribution in [0.1, 0.15) is 56.0 Å². The van der Waals surface area contributed by atoms with Gasteiger partial charge in [-0.3, -0.25) is 0 Å². The van der Waals surface area contributed by atoms with Gasteiger partial charge in [-0.15, -0.1) is 0 Å². The van der Waals surface area contributed by atoms with Crippen molar-refractivity contribution in [3.05, 3.63) is 35.2 Å². The van der Waals surface area contributed by atoms with E-state index in [9.17, 15) is 0 Å². The van der Waals surface area contributed by atoms with E-state index in [1.54, 1.807) is 0 Å². The molecule has 4 rings (SSSR count). The first-order valence-corrected chi connectivity index (χ1v) is 9.99. The first-order valence-electron chi connectivity index (χ1n) is 9.99. The molecule has 1 fully saturated rings. The maximum Gasteiger partial charge on any atom is 0.228 e. The molecule has 0 saturated heterocycles. The van der Waals surface area contributed by atoms with E-state index < -0.39 is 0 Å². The van der Waals surface area contributed by atoms with Gasteiger partial charge in [-0.05, 0) is 45.6 Å². The normalized spacial score (nSPS) is 15.3. The zero-order chi connectivity index (χ0) is 19.0. The summed E-state index contributed by atoms with van der Waals surface area (Å²) < 4.78 is 5.69. The van der Waals surface area contributed by atoms with Crippen LogP contribution in [0.2, 0.25) is 0 Å². The Bertz CT molecular complexity index is 958. The monoisotopic (exact) mass is 364 g/mol. The van der Waals surface area contributed by atoms with Crippen LogP contribution in [0.4, 0.5) is 5.82 Å². The van der Waals surface area contributed by atoms with Gasteiger partial charge < -0.3 is 9.84 Å². The van der Waals surface area contributed by atoms with E-state index in [4.69, 9.17) is 4.52 Å². The number of aromatic nitrogens is 3. The molecule has 1 aromatic carbocycles. The molecule has 5 nitrogen and oxygen atoms in total. The summed E-state index contributed by atoms with van der Waals surface area (Å²) in [5.41, 5.74) is 5.67. The van der Waals surface area contributed by atoms with Crippen LogP contribution in [0.5, 0.6) is 0 Å². The van der Waals surface area contributed by atoms with Crippen molar-refractivity contribution >= 4 is 16.9 Å². The number of nitrogens with one attached hydrogen (secondary N) is 1. The summed E-state index contributed by atoms with van der Waals surface area (Å²) in [5.74, 6) is 2.46. The highest BCUT2D eigenvalue weighted by Crippen LogP contribution is 2.35. The average molecular weight is 364 g/mol. The lowest BCUT2D eigenvalue weighted by Crippen LogP contribution is -2.16. The molecular formula is C22H28N4O. The number of rotatable bonds is 7. The molecule has 0 spiro atoms. The zero-order valence-corrected chi connectivity index (χ0v) is 16.7. The smallest absolute Gasteiger partial charge is 0.228 e. The molecule has 1 N–H and O–H groups in total. The van der Waals surface area contributed by atoms with E-state index in [-0.39, 0.29) is 0 Å². The Balaban J connectivity index is 1.61. The summed E-state index contributed by atoms with van der Waals surface area (Å²) in [5, 5.41) is 7.86. The number of benzene rings is 1. The van der Waals surface area contributed by atoms with Gasteiger partial charge in [-0.25, -0.2) is 9.97 Å². The number of hydrogen-bond acceptors (Lipinski definition) is 5. The predicted molar refractivity (Wildman–Crippen MR) is 109 cm³/mol. The summed E-state index contributed by atoms with van der Waals surface area (Å²) in [6.07, 6.45) is 6.60. The van der Waals surface area contributed by atoms with E-state index in [0.29, 0.717) is 11.6 Å². The average Bonchev–Trinajstić information content (AvgIpc) is 3.33. The SMILES string of the molecule is Cc1ccc(-c2noc3c(NC(C)CCCC4CC4)nc(C)nc23)c(C)c1. The van der Waals surface area contributed by atoms with E-state index >= 15 is 0 Å². The van der Waals surface area contributed by atoms with Gasteiger partial charge >= 0.3 is 0 Å². The van der Waals surface area contributed by atoms with E-state index in [0.717, 1.165) is 40.8 Å². The van der Waals surface area contributed by atoms with Crippen LogP contribution in [0.15, 0.2) is 22.7 Å². The molecule has 27 heavy (non-hydrogen) atoms. The van der Waals surface area contributed by atoms with Gasteiger partial charge in [-0.1, -0.05) is 54.6 Å². The highest BCUT2D eigenvalue weighted by molar-refractivity contribution is 5.94. The van der Waals surface area contributed by atoms with E-state index in [1.807, 2.05) is 6.92 Å². The summed E-state index contributed by atoms with van der Waals surface area (Å²) in [7, 11) is 0. The Morgan fingerprint density at radius 3 is 2.74 bits per heavy atom. The molecule has 1 atom stereocenters. The van der Waals surface area contributed by atoms with Crippen molar-refractivity contribution in [2.45, 2.75) is 65.8 Å². The van der Waals surface area contributed by atoms with Crippen molar-refractivity contribution in [1.29, 1.82) is 0 Å². The quantitative estimate of drug-likeness (QED) is 0.592. The lowest BCUT2D eigenvalue weighted by atomic mass is 10.0. The van der Waals surface area contributed by atoms with Crippen LogP contribution in [0.25, 0.3) is 22.4 Å². The molecule has 5 heteroatoms. The third-order valence-corrected chi connectivity index (χ3v) is 5.40. The maximum absolute atomic E-state index is 5.69. The summed E-state index contributed by atoms with van der Waals surface area (Å²) in [6.45, 7) is 8.31.